The van der Waals surface area contributed by atoms with Crippen molar-refractivity contribution in [3.63, 3.8) is 0 Å². The van der Waals surface area contributed by atoms with Gasteiger partial charge >= 0.3 is 0 Å². The highest BCUT2D eigenvalue weighted by atomic mass is 16.3. The zero-order valence-electron chi connectivity index (χ0n) is 12.9. The summed E-state index contributed by atoms with van der Waals surface area (Å²) < 4.78 is 5.26. The first-order chi connectivity index (χ1) is 10.1. The zero-order chi connectivity index (χ0) is 15.2. The molecular weight excluding hydrogens is 268 g/mol. The number of amides is 2. The summed E-state index contributed by atoms with van der Waals surface area (Å²) in [5.74, 6) is 1.56. The van der Waals surface area contributed by atoms with Gasteiger partial charge in [0.05, 0.1) is 12.8 Å². The first-order valence-electron chi connectivity index (χ1n) is 7.62. The molecule has 1 aliphatic rings. The number of nitrogens with zero attached hydrogens (tertiary/aromatic N) is 2. The third kappa shape index (κ3) is 4.62. The molecule has 5 heteroatoms. The molecule has 2 amide bonds. The summed E-state index contributed by atoms with van der Waals surface area (Å²) in [6, 6.07) is 3.64. The Hall–Kier alpha value is -1.78. The lowest BCUT2D eigenvalue weighted by atomic mass is 9.99. The van der Waals surface area contributed by atoms with Gasteiger partial charge in [0.2, 0.25) is 11.8 Å². The number of piperidine rings is 1. The molecular formula is C16H24N2O3. The third-order valence-corrected chi connectivity index (χ3v) is 4.10. The molecule has 0 radical (unpaired) electrons. The van der Waals surface area contributed by atoms with Gasteiger partial charge in [-0.2, -0.15) is 0 Å². The molecule has 1 aromatic rings. The van der Waals surface area contributed by atoms with Gasteiger partial charge in [-0.05, 0) is 30.9 Å². The van der Waals surface area contributed by atoms with Gasteiger partial charge in [0.1, 0.15) is 5.76 Å². The lowest BCUT2D eigenvalue weighted by Gasteiger charge is -2.31. The van der Waals surface area contributed by atoms with Gasteiger partial charge in [0.15, 0.2) is 0 Å². The van der Waals surface area contributed by atoms with E-state index in [2.05, 4.69) is 6.92 Å². The second-order valence-corrected chi connectivity index (χ2v) is 5.83. The van der Waals surface area contributed by atoms with E-state index < -0.39 is 0 Å². The predicted octanol–water partition coefficient (Wildman–Crippen LogP) is 2.28. The van der Waals surface area contributed by atoms with Crippen LogP contribution in [-0.4, -0.2) is 41.2 Å². The molecule has 1 fully saturated rings. The number of carbonyl (C=O) groups is 2. The maximum Gasteiger partial charge on any atom is 0.224 e. The van der Waals surface area contributed by atoms with Gasteiger partial charge in [-0.3, -0.25) is 9.59 Å². The molecule has 1 aliphatic heterocycles. The van der Waals surface area contributed by atoms with E-state index in [4.69, 9.17) is 4.42 Å². The van der Waals surface area contributed by atoms with E-state index in [0.717, 1.165) is 31.7 Å². The van der Waals surface area contributed by atoms with Crippen LogP contribution in [0.5, 0.6) is 0 Å². The second-order valence-electron chi connectivity index (χ2n) is 5.83. The summed E-state index contributed by atoms with van der Waals surface area (Å²) >= 11 is 0. The predicted molar refractivity (Wildman–Crippen MR) is 79.4 cm³/mol. The van der Waals surface area contributed by atoms with Gasteiger partial charge in [-0.25, -0.2) is 0 Å². The fraction of sp³-hybridized carbons (Fsp3) is 0.625. The van der Waals surface area contributed by atoms with Crippen LogP contribution in [0.15, 0.2) is 22.8 Å². The van der Waals surface area contributed by atoms with E-state index in [0.29, 0.717) is 25.4 Å². The zero-order valence-corrected chi connectivity index (χ0v) is 12.9. The van der Waals surface area contributed by atoms with Crippen molar-refractivity contribution in [1.82, 2.24) is 9.80 Å². The standard InChI is InChI=1S/C16H24N2O3/c1-13-5-8-17(9-6-13)16(20)7-10-18(14(2)19)12-15-4-3-11-21-15/h3-4,11,13H,5-10,12H2,1-2H3. The molecule has 21 heavy (non-hydrogen) atoms. The van der Waals surface area contributed by atoms with E-state index in [9.17, 15) is 9.59 Å². The summed E-state index contributed by atoms with van der Waals surface area (Å²) in [5.41, 5.74) is 0. The summed E-state index contributed by atoms with van der Waals surface area (Å²) in [6.45, 7) is 6.31. The molecule has 1 aromatic heterocycles. The van der Waals surface area contributed by atoms with Crippen LogP contribution in [0.4, 0.5) is 0 Å². The maximum absolute atomic E-state index is 12.2. The highest BCUT2D eigenvalue weighted by molar-refractivity contribution is 5.78. The molecule has 0 unspecified atom stereocenters. The van der Waals surface area contributed by atoms with Crippen molar-refractivity contribution in [1.29, 1.82) is 0 Å². The van der Waals surface area contributed by atoms with E-state index in [1.165, 1.54) is 6.92 Å². The Morgan fingerprint density at radius 3 is 2.67 bits per heavy atom. The van der Waals surface area contributed by atoms with E-state index in [1.54, 1.807) is 17.2 Å². The largest absolute Gasteiger partial charge is 0.467 e. The van der Waals surface area contributed by atoms with Crippen molar-refractivity contribution in [3.05, 3.63) is 24.2 Å². The summed E-state index contributed by atoms with van der Waals surface area (Å²) in [7, 11) is 0. The summed E-state index contributed by atoms with van der Waals surface area (Å²) in [4.78, 5) is 27.4. The van der Waals surface area contributed by atoms with E-state index >= 15 is 0 Å². The minimum atomic E-state index is -0.0357. The quantitative estimate of drug-likeness (QED) is 0.836. The minimum absolute atomic E-state index is 0.0357. The first-order valence-corrected chi connectivity index (χ1v) is 7.62. The van der Waals surface area contributed by atoms with Crippen molar-refractivity contribution in [3.8, 4) is 0 Å². The van der Waals surface area contributed by atoms with E-state index in [-0.39, 0.29) is 11.8 Å². The molecule has 0 bridgehead atoms. The first kappa shape index (κ1) is 15.6. The number of likely N-dealkylation sites (tertiary alicyclic amines) is 1. The Kier molecular flexibility index (Phi) is 5.42. The number of carbonyl (C=O) groups excluding carboxylic acids is 2. The Labute approximate surface area is 125 Å². The van der Waals surface area contributed by atoms with Crippen molar-refractivity contribution >= 4 is 11.8 Å². The molecule has 0 spiro atoms. The molecule has 5 nitrogen and oxygen atoms in total. The van der Waals surface area contributed by atoms with Crippen molar-refractivity contribution in [2.24, 2.45) is 5.92 Å². The number of furan rings is 1. The van der Waals surface area contributed by atoms with Gasteiger partial charge in [0, 0.05) is 33.0 Å². The van der Waals surface area contributed by atoms with Crippen LogP contribution in [-0.2, 0) is 16.1 Å². The Bertz CT molecular complexity index is 462. The molecule has 2 heterocycles. The van der Waals surface area contributed by atoms with Crippen molar-refractivity contribution in [2.45, 2.75) is 39.7 Å². The SMILES string of the molecule is CC(=O)N(CCC(=O)N1CCC(C)CC1)Cc1ccco1. The second kappa shape index (κ2) is 7.29. The average Bonchev–Trinajstić information content (AvgIpc) is 2.96. The lowest BCUT2D eigenvalue weighted by molar-refractivity contribution is -0.134. The van der Waals surface area contributed by atoms with E-state index in [1.807, 2.05) is 11.0 Å². The molecule has 0 aliphatic carbocycles. The number of hydrogen-bond donors (Lipinski definition) is 0. The molecule has 0 atom stereocenters. The van der Waals surface area contributed by atoms with Gasteiger partial charge < -0.3 is 14.2 Å². The number of hydrogen-bond acceptors (Lipinski definition) is 3. The minimum Gasteiger partial charge on any atom is -0.467 e. The van der Waals surface area contributed by atoms with Crippen LogP contribution in [0.2, 0.25) is 0 Å². The number of rotatable bonds is 5. The average molecular weight is 292 g/mol. The van der Waals surface area contributed by atoms with Crippen molar-refractivity contribution < 1.29 is 14.0 Å². The fourth-order valence-electron chi connectivity index (χ4n) is 2.59. The Morgan fingerprint density at radius 1 is 1.38 bits per heavy atom. The van der Waals surface area contributed by atoms with Gasteiger partial charge in [-0.15, -0.1) is 0 Å². The Balaban J connectivity index is 1.81. The maximum atomic E-state index is 12.2. The lowest BCUT2D eigenvalue weighted by Crippen LogP contribution is -2.40. The van der Waals surface area contributed by atoms with Crippen molar-refractivity contribution in [2.75, 3.05) is 19.6 Å². The van der Waals surface area contributed by atoms with Gasteiger partial charge in [0.25, 0.3) is 0 Å². The summed E-state index contributed by atoms with van der Waals surface area (Å²) in [5, 5.41) is 0. The highest BCUT2D eigenvalue weighted by Crippen LogP contribution is 2.17. The van der Waals surface area contributed by atoms with Crippen LogP contribution in [0.3, 0.4) is 0 Å². The van der Waals surface area contributed by atoms with Crippen LogP contribution >= 0.6 is 0 Å². The molecule has 0 N–H and O–H groups in total. The van der Waals surface area contributed by atoms with Crippen LogP contribution in [0.1, 0.15) is 38.9 Å². The van der Waals surface area contributed by atoms with Crippen LogP contribution in [0.25, 0.3) is 0 Å². The normalized spacial score (nSPS) is 16.0. The monoisotopic (exact) mass is 292 g/mol. The molecule has 116 valence electrons. The summed E-state index contributed by atoms with van der Waals surface area (Å²) in [6.07, 6.45) is 4.13. The van der Waals surface area contributed by atoms with Gasteiger partial charge in [-0.1, -0.05) is 6.92 Å². The molecule has 1 saturated heterocycles. The van der Waals surface area contributed by atoms with Crippen LogP contribution < -0.4 is 0 Å². The fourth-order valence-corrected chi connectivity index (χ4v) is 2.59. The Morgan fingerprint density at radius 2 is 2.10 bits per heavy atom. The molecule has 2 rings (SSSR count). The van der Waals surface area contributed by atoms with Crippen LogP contribution in [0, 0.1) is 5.92 Å². The highest BCUT2D eigenvalue weighted by Gasteiger charge is 2.21. The smallest absolute Gasteiger partial charge is 0.224 e. The molecule has 0 aromatic carbocycles. The topological polar surface area (TPSA) is 53.8 Å². The molecule has 0 saturated carbocycles. The third-order valence-electron chi connectivity index (χ3n) is 4.10.